The lowest BCUT2D eigenvalue weighted by Crippen LogP contribution is -2.03. The molecule has 4 aromatic rings. The molecule has 0 radical (unpaired) electrons. The Kier molecular flexibility index (Phi) is 10.9. The predicted octanol–water partition coefficient (Wildman–Crippen LogP) is 5.31. The van der Waals surface area contributed by atoms with Crippen molar-refractivity contribution in [3.8, 4) is 17.2 Å². The largest absolute Gasteiger partial charge is 0.495 e. The Hall–Kier alpha value is -4.04. The van der Waals surface area contributed by atoms with Crippen LogP contribution in [0.2, 0.25) is 5.02 Å². The average molecular weight is 482 g/mol. The third-order valence-electron chi connectivity index (χ3n) is 4.29. The van der Waals surface area contributed by atoms with E-state index in [0.717, 1.165) is 29.0 Å². The van der Waals surface area contributed by atoms with Gasteiger partial charge in [-0.2, -0.15) is 0 Å². The van der Waals surface area contributed by atoms with Gasteiger partial charge in [-0.25, -0.2) is 0 Å². The summed E-state index contributed by atoms with van der Waals surface area (Å²) in [6.07, 6.45) is 0.812. The van der Waals surface area contributed by atoms with Gasteiger partial charge in [0.05, 0.1) is 19.3 Å². The van der Waals surface area contributed by atoms with Crippen molar-refractivity contribution in [1.82, 2.24) is 10.2 Å². The third-order valence-corrected chi connectivity index (χ3v) is 4.54. The van der Waals surface area contributed by atoms with E-state index in [4.69, 9.17) is 26.5 Å². The molecule has 0 amide bonds. The fraction of sp³-hybridized carbons (Fsp3) is 0.160. The topological polar surface area (TPSA) is 115 Å². The molecule has 1 aromatic heterocycles. The van der Waals surface area contributed by atoms with Crippen molar-refractivity contribution >= 4 is 35.3 Å². The molecule has 0 spiro atoms. The average Bonchev–Trinajstić information content (AvgIpc) is 3.35. The lowest BCUT2D eigenvalue weighted by Gasteiger charge is -2.07. The molecule has 1 heterocycles. The van der Waals surface area contributed by atoms with E-state index >= 15 is 0 Å². The number of ether oxygens (including phenoxy) is 1. The molecule has 0 atom stereocenters. The molecule has 8 nitrogen and oxygen atoms in total. The number of anilines is 3. The van der Waals surface area contributed by atoms with Crippen molar-refractivity contribution in [2.75, 3.05) is 37.1 Å². The van der Waals surface area contributed by atoms with Crippen LogP contribution in [0.5, 0.6) is 5.75 Å². The van der Waals surface area contributed by atoms with Gasteiger partial charge in [-0.15, -0.1) is 5.10 Å². The number of nitrogens with two attached hydrogens (primary N) is 1. The number of methoxy groups -OCH3 is 1. The number of benzene rings is 3. The number of aryl methyl sites for hydroxylation is 1. The fourth-order valence-electron chi connectivity index (χ4n) is 2.54. The minimum atomic E-state index is 0.306. The monoisotopic (exact) mass is 481 g/mol. The Bertz CT molecular complexity index is 1110. The molecule has 0 fully saturated rings. The van der Waals surface area contributed by atoms with E-state index in [1.807, 2.05) is 67.6 Å². The SMILES string of the molecule is CNc1nnc(-c2ccc(Cl)cc2)o1.COc1ccccc1NCC=O.Cc1ccc(N)cc1. The predicted molar refractivity (Wildman–Crippen MR) is 137 cm³/mol. The summed E-state index contributed by atoms with van der Waals surface area (Å²) in [6.45, 7) is 2.35. The van der Waals surface area contributed by atoms with Gasteiger partial charge < -0.3 is 30.3 Å². The number of carbonyl (C=O) groups excluding carboxylic acids is 1. The molecule has 178 valence electrons. The van der Waals surface area contributed by atoms with Crippen LogP contribution >= 0.6 is 11.6 Å². The molecule has 9 heteroatoms. The number of halogens is 1. The Morgan fingerprint density at radius 3 is 2.26 bits per heavy atom. The van der Waals surface area contributed by atoms with Gasteiger partial charge in [0.25, 0.3) is 0 Å². The number of aldehydes is 1. The summed E-state index contributed by atoms with van der Waals surface area (Å²) in [7, 11) is 3.32. The maximum absolute atomic E-state index is 10.1. The smallest absolute Gasteiger partial charge is 0.315 e. The second kappa shape index (κ2) is 14.2. The van der Waals surface area contributed by atoms with Crippen LogP contribution < -0.4 is 21.1 Å². The summed E-state index contributed by atoms with van der Waals surface area (Å²) in [5.41, 5.74) is 9.20. The highest BCUT2D eigenvalue weighted by Crippen LogP contribution is 2.22. The molecular weight excluding hydrogens is 454 g/mol. The zero-order valence-electron chi connectivity index (χ0n) is 19.3. The first-order valence-electron chi connectivity index (χ1n) is 10.4. The van der Waals surface area contributed by atoms with Crippen molar-refractivity contribution in [2.45, 2.75) is 6.92 Å². The maximum atomic E-state index is 10.1. The summed E-state index contributed by atoms with van der Waals surface area (Å²) in [6, 6.07) is 22.9. The Morgan fingerprint density at radius 1 is 1.03 bits per heavy atom. The second-order valence-corrected chi connectivity index (χ2v) is 7.26. The number of nitrogens with zero attached hydrogens (tertiary/aromatic N) is 2. The minimum Gasteiger partial charge on any atom is -0.495 e. The lowest BCUT2D eigenvalue weighted by atomic mass is 10.2. The molecule has 0 unspecified atom stereocenters. The van der Waals surface area contributed by atoms with Gasteiger partial charge in [0.2, 0.25) is 5.89 Å². The molecule has 34 heavy (non-hydrogen) atoms. The fourth-order valence-corrected chi connectivity index (χ4v) is 2.67. The Labute approximate surface area is 204 Å². The third kappa shape index (κ3) is 8.84. The first-order chi connectivity index (χ1) is 16.5. The van der Waals surface area contributed by atoms with Crippen LogP contribution in [0, 0.1) is 6.92 Å². The first-order valence-corrected chi connectivity index (χ1v) is 10.7. The van der Waals surface area contributed by atoms with Gasteiger partial charge in [-0.3, -0.25) is 0 Å². The van der Waals surface area contributed by atoms with Gasteiger partial charge in [0, 0.05) is 23.3 Å². The van der Waals surface area contributed by atoms with E-state index in [0.29, 0.717) is 23.5 Å². The van der Waals surface area contributed by atoms with Crippen LogP contribution in [0.15, 0.2) is 77.2 Å². The standard InChI is InChI=1S/C9H8ClN3O.C9H11NO2.C7H9N/c1-11-9-13-12-8(14-9)6-2-4-7(10)5-3-6;1-12-9-5-3-2-4-8(9)10-6-7-11;1-6-2-4-7(8)5-3-6/h2-5H,1H3,(H,11,13);2-5,7,10H,6H2,1H3;2-5H,8H2,1H3. The maximum Gasteiger partial charge on any atom is 0.315 e. The summed E-state index contributed by atoms with van der Waals surface area (Å²) >= 11 is 5.75. The van der Waals surface area contributed by atoms with Gasteiger partial charge >= 0.3 is 6.01 Å². The lowest BCUT2D eigenvalue weighted by molar-refractivity contribution is -0.106. The van der Waals surface area contributed by atoms with Crippen molar-refractivity contribution in [1.29, 1.82) is 0 Å². The number of rotatable bonds is 6. The molecule has 4 rings (SSSR count). The number of hydrogen-bond acceptors (Lipinski definition) is 8. The van der Waals surface area contributed by atoms with Crippen molar-refractivity contribution in [3.05, 3.63) is 83.4 Å². The van der Waals surface area contributed by atoms with Gasteiger partial charge in [0.15, 0.2) is 0 Å². The molecule has 4 N–H and O–H groups in total. The van der Waals surface area contributed by atoms with Crippen molar-refractivity contribution < 1.29 is 13.9 Å². The number of nitrogen functional groups attached to an aromatic ring is 1. The number of carbonyl (C=O) groups is 1. The normalized spacial score (nSPS) is 9.53. The molecule has 0 saturated heterocycles. The first kappa shape index (κ1) is 26.2. The van der Waals surface area contributed by atoms with E-state index in [9.17, 15) is 4.79 Å². The second-order valence-electron chi connectivity index (χ2n) is 6.83. The molecule has 3 aromatic carbocycles. The summed E-state index contributed by atoms with van der Waals surface area (Å²) in [4.78, 5) is 10.1. The van der Waals surface area contributed by atoms with Crippen molar-refractivity contribution in [3.63, 3.8) is 0 Å². The minimum absolute atomic E-state index is 0.306. The van der Waals surface area contributed by atoms with E-state index < -0.39 is 0 Å². The summed E-state index contributed by atoms with van der Waals surface area (Å²) < 4.78 is 10.3. The molecular formula is C25H28ClN5O3. The number of aromatic nitrogens is 2. The van der Waals surface area contributed by atoms with Crippen LogP contribution in [0.3, 0.4) is 0 Å². The number of nitrogens with one attached hydrogen (secondary N) is 2. The van der Waals surface area contributed by atoms with E-state index in [1.165, 1.54) is 5.56 Å². The van der Waals surface area contributed by atoms with Crippen LogP contribution in [0.1, 0.15) is 5.56 Å². The van der Waals surface area contributed by atoms with Crippen molar-refractivity contribution in [2.24, 2.45) is 0 Å². The van der Waals surface area contributed by atoms with Gasteiger partial charge in [-0.1, -0.05) is 46.5 Å². The Balaban J connectivity index is 0.000000187. The zero-order chi connectivity index (χ0) is 24.8. The highest BCUT2D eigenvalue weighted by Gasteiger charge is 2.06. The highest BCUT2D eigenvalue weighted by atomic mass is 35.5. The van der Waals surface area contributed by atoms with Crippen LogP contribution in [-0.2, 0) is 4.79 Å². The molecule has 0 aliphatic carbocycles. The van der Waals surface area contributed by atoms with E-state index in [-0.39, 0.29) is 0 Å². The van der Waals surface area contributed by atoms with E-state index in [1.54, 1.807) is 26.3 Å². The highest BCUT2D eigenvalue weighted by molar-refractivity contribution is 6.30. The molecule has 0 aliphatic rings. The zero-order valence-corrected chi connectivity index (χ0v) is 20.0. The van der Waals surface area contributed by atoms with Crippen LogP contribution in [0.25, 0.3) is 11.5 Å². The number of hydrogen-bond donors (Lipinski definition) is 3. The Morgan fingerprint density at radius 2 is 1.71 bits per heavy atom. The van der Waals surface area contributed by atoms with Crippen LogP contribution in [-0.4, -0.2) is 37.2 Å². The summed E-state index contributed by atoms with van der Waals surface area (Å²) in [5, 5.41) is 14.0. The quantitative estimate of drug-likeness (QED) is 0.250. The van der Waals surface area contributed by atoms with Crippen LogP contribution in [0.4, 0.5) is 17.4 Å². The molecule has 0 aliphatic heterocycles. The molecule has 0 saturated carbocycles. The summed E-state index contributed by atoms with van der Waals surface area (Å²) in [5.74, 6) is 1.23. The van der Waals surface area contributed by atoms with Gasteiger partial charge in [-0.05, 0) is 55.5 Å². The number of para-hydroxylation sites is 2. The van der Waals surface area contributed by atoms with E-state index in [2.05, 4.69) is 20.8 Å². The van der Waals surface area contributed by atoms with Gasteiger partial charge in [0.1, 0.15) is 12.0 Å². The molecule has 0 bridgehead atoms.